The fourth-order valence-corrected chi connectivity index (χ4v) is 1.89. The number of nitrogens with one attached hydrogen (secondary N) is 2. The van der Waals surface area contributed by atoms with Crippen LogP contribution in [0.5, 0.6) is 0 Å². The number of aromatic nitrogens is 3. The molecule has 4 nitrogen and oxygen atoms in total. The van der Waals surface area contributed by atoms with Gasteiger partial charge in [-0.3, -0.25) is 5.10 Å². The van der Waals surface area contributed by atoms with Gasteiger partial charge in [-0.05, 0) is 19.4 Å². The highest BCUT2D eigenvalue weighted by Gasteiger charge is 2.17. The van der Waals surface area contributed by atoms with Crippen LogP contribution in [-0.2, 0) is 6.42 Å². The summed E-state index contributed by atoms with van der Waals surface area (Å²) >= 11 is 0. The molecule has 4 heteroatoms. The van der Waals surface area contributed by atoms with E-state index in [4.69, 9.17) is 0 Å². The monoisotopic (exact) mass is 194 g/mol. The molecule has 14 heavy (non-hydrogen) atoms. The molecule has 78 valence electrons. The molecule has 0 aromatic carbocycles. The molecule has 1 aromatic rings. The third kappa shape index (κ3) is 2.12. The zero-order valence-corrected chi connectivity index (χ0v) is 8.71. The Hall–Kier alpha value is -0.900. The minimum atomic E-state index is 0.508. The fraction of sp³-hybridized carbons (Fsp3) is 0.800. The van der Waals surface area contributed by atoms with Crippen LogP contribution in [0.1, 0.15) is 43.8 Å². The van der Waals surface area contributed by atoms with E-state index in [2.05, 4.69) is 27.4 Å². The molecule has 1 saturated heterocycles. The number of H-pyrrole nitrogens is 1. The van der Waals surface area contributed by atoms with Crippen LogP contribution in [0.15, 0.2) is 0 Å². The van der Waals surface area contributed by atoms with E-state index in [-0.39, 0.29) is 0 Å². The van der Waals surface area contributed by atoms with Crippen LogP contribution in [0.25, 0.3) is 0 Å². The molecule has 0 spiro atoms. The molecule has 1 unspecified atom stereocenters. The standard InChI is InChI=1S/C10H18N4/c1-2-9-12-10(14-13-9)8-5-3-4-6-11-7-8/h8,11H,2-7H2,1H3,(H,12,13,14). The van der Waals surface area contributed by atoms with E-state index < -0.39 is 0 Å². The van der Waals surface area contributed by atoms with Gasteiger partial charge in [0.2, 0.25) is 0 Å². The fourth-order valence-electron chi connectivity index (χ4n) is 1.89. The van der Waals surface area contributed by atoms with Gasteiger partial charge in [0.1, 0.15) is 5.82 Å². The molecule has 0 aliphatic carbocycles. The molecule has 0 bridgehead atoms. The maximum absolute atomic E-state index is 4.49. The molecule has 1 aromatic heterocycles. The minimum Gasteiger partial charge on any atom is -0.316 e. The first-order chi connectivity index (χ1) is 6.90. The van der Waals surface area contributed by atoms with Gasteiger partial charge in [-0.1, -0.05) is 13.3 Å². The first-order valence-corrected chi connectivity index (χ1v) is 5.52. The number of rotatable bonds is 2. The predicted molar refractivity (Wildman–Crippen MR) is 55.2 cm³/mol. The maximum Gasteiger partial charge on any atom is 0.155 e. The summed E-state index contributed by atoms with van der Waals surface area (Å²) in [5, 5.41) is 10.7. The van der Waals surface area contributed by atoms with Crippen molar-refractivity contribution in [2.45, 2.75) is 38.5 Å². The maximum atomic E-state index is 4.49. The summed E-state index contributed by atoms with van der Waals surface area (Å²) in [5.74, 6) is 2.51. The van der Waals surface area contributed by atoms with E-state index in [1.165, 1.54) is 19.3 Å². The van der Waals surface area contributed by atoms with Gasteiger partial charge in [0.15, 0.2) is 5.82 Å². The highest BCUT2D eigenvalue weighted by Crippen LogP contribution is 2.19. The van der Waals surface area contributed by atoms with Crippen molar-refractivity contribution < 1.29 is 0 Å². The molecule has 1 aliphatic rings. The molecule has 0 radical (unpaired) electrons. The van der Waals surface area contributed by atoms with Gasteiger partial charge in [-0.25, -0.2) is 4.98 Å². The summed E-state index contributed by atoms with van der Waals surface area (Å²) in [6.07, 6.45) is 4.72. The van der Waals surface area contributed by atoms with Crippen molar-refractivity contribution >= 4 is 0 Å². The van der Waals surface area contributed by atoms with E-state index >= 15 is 0 Å². The van der Waals surface area contributed by atoms with E-state index in [0.29, 0.717) is 5.92 Å². The highest BCUT2D eigenvalue weighted by atomic mass is 15.2. The van der Waals surface area contributed by atoms with Crippen molar-refractivity contribution in [3.8, 4) is 0 Å². The SMILES string of the molecule is CCc1nc(C2CCCCNC2)n[nH]1. The van der Waals surface area contributed by atoms with Gasteiger partial charge in [0, 0.05) is 18.9 Å². The van der Waals surface area contributed by atoms with E-state index in [1.54, 1.807) is 0 Å². The third-order valence-electron chi connectivity index (χ3n) is 2.80. The first kappa shape index (κ1) is 9.65. The van der Waals surface area contributed by atoms with Crippen LogP contribution in [0.3, 0.4) is 0 Å². The van der Waals surface area contributed by atoms with Crippen LogP contribution in [0, 0.1) is 0 Å². The third-order valence-corrected chi connectivity index (χ3v) is 2.80. The minimum absolute atomic E-state index is 0.508. The van der Waals surface area contributed by atoms with Gasteiger partial charge in [-0.15, -0.1) is 0 Å². The van der Waals surface area contributed by atoms with Crippen LogP contribution in [0.4, 0.5) is 0 Å². The van der Waals surface area contributed by atoms with Crippen LogP contribution < -0.4 is 5.32 Å². The Balaban J connectivity index is 2.04. The second-order valence-corrected chi connectivity index (χ2v) is 3.89. The van der Waals surface area contributed by atoms with E-state index in [0.717, 1.165) is 31.2 Å². The van der Waals surface area contributed by atoms with Crippen molar-refractivity contribution in [3.05, 3.63) is 11.6 Å². The number of aryl methyl sites for hydroxylation is 1. The quantitative estimate of drug-likeness (QED) is 0.744. The Morgan fingerprint density at radius 1 is 1.43 bits per heavy atom. The van der Waals surface area contributed by atoms with Gasteiger partial charge < -0.3 is 5.32 Å². The van der Waals surface area contributed by atoms with Gasteiger partial charge in [-0.2, -0.15) is 5.10 Å². The second-order valence-electron chi connectivity index (χ2n) is 3.89. The average molecular weight is 194 g/mol. The first-order valence-electron chi connectivity index (χ1n) is 5.52. The summed E-state index contributed by atoms with van der Waals surface area (Å²) < 4.78 is 0. The topological polar surface area (TPSA) is 53.6 Å². The normalized spacial score (nSPS) is 23.4. The van der Waals surface area contributed by atoms with Crippen molar-refractivity contribution in [1.82, 2.24) is 20.5 Å². The second kappa shape index (κ2) is 4.55. The van der Waals surface area contributed by atoms with Gasteiger partial charge in [0.25, 0.3) is 0 Å². The lowest BCUT2D eigenvalue weighted by atomic mass is 10.0. The van der Waals surface area contributed by atoms with Crippen molar-refractivity contribution in [2.24, 2.45) is 0 Å². The Labute approximate surface area is 84.5 Å². The lowest BCUT2D eigenvalue weighted by Crippen LogP contribution is -2.20. The number of hydrogen-bond acceptors (Lipinski definition) is 3. The summed E-state index contributed by atoms with van der Waals surface area (Å²) in [6.45, 7) is 4.26. The lowest BCUT2D eigenvalue weighted by Gasteiger charge is -2.08. The molecule has 1 aliphatic heterocycles. The van der Waals surface area contributed by atoms with Gasteiger partial charge in [0.05, 0.1) is 0 Å². The zero-order valence-electron chi connectivity index (χ0n) is 8.71. The Morgan fingerprint density at radius 2 is 2.36 bits per heavy atom. The van der Waals surface area contributed by atoms with E-state index in [9.17, 15) is 0 Å². The van der Waals surface area contributed by atoms with Crippen molar-refractivity contribution in [3.63, 3.8) is 0 Å². The predicted octanol–water partition coefficient (Wildman–Crippen LogP) is 1.22. The molecule has 2 heterocycles. The number of nitrogens with zero attached hydrogens (tertiary/aromatic N) is 2. The molecule has 1 atom stereocenters. The Kier molecular flexibility index (Phi) is 3.14. The van der Waals surface area contributed by atoms with E-state index in [1.807, 2.05) is 0 Å². The summed E-state index contributed by atoms with van der Waals surface area (Å²) in [6, 6.07) is 0. The average Bonchev–Trinajstić information content (AvgIpc) is 2.53. The lowest BCUT2D eigenvalue weighted by molar-refractivity contribution is 0.580. The largest absolute Gasteiger partial charge is 0.316 e. The van der Waals surface area contributed by atoms with Crippen molar-refractivity contribution in [1.29, 1.82) is 0 Å². The summed E-state index contributed by atoms with van der Waals surface area (Å²) in [5.41, 5.74) is 0. The molecule has 0 amide bonds. The Morgan fingerprint density at radius 3 is 3.14 bits per heavy atom. The van der Waals surface area contributed by atoms with Crippen molar-refractivity contribution in [2.75, 3.05) is 13.1 Å². The smallest absolute Gasteiger partial charge is 0.155 e. The molecule has 2 N–H and O–H groups in total. The zero-order chi connectivity index (χ0) is 9.80. The van der Waals surface area contributed by atoms with Crippen LogP contribution in [0.2, 0.25) is 0 Å². The number of aromatic amines is 1. The Bertz CT molecular complexity index is 273. The van der Waals surface area contributed by atoms with Crippen LogP contribution >= 0.6 is 0 Å². The summed E-state index contributed by atoms with van der Waals surface area (Å²) in [4.78, 5) is 4.49. The molecule has 1 fully saturated rings. The molecular formula is C10H18N4. The highest BCUT2D eigenvalue weighted by molar-refractivity contribution is 4.99. The molecule has 0 saturated carbocycles. The summed E-state index contributed by atoms with van der Waals surface area (Å²) in [7, 11) is 0. The van der Waals surface area contributed by atoms with Gasteiger partial charge >= 0.3 is 0 Å². The number of hydrogen-bond donors (Lipinski definition) is 2. The molecular weight excluding hydrogens is 176 g/mol. The van der Waals surface area contributed by atoms with Crippen LogP contribution in [-0.4, -0.2) is 28.3 Å². The molecule has 2 rings (SSSR count).